The highest BCUT2D eigenvalue weighted by Crippen LogP contribution is 2.32. The van der Waals surface area contributed by atoms with Crippen molar-refractivity contribution in [3.63, 3.8) is 0 Å². The molecule has 0 saturated carbocycles. The van der Waals surface area contributed by atoms with Gasteiger partial charge in [-0.25, -0.2) is 4.98 Å². The van der Waals surface area contributed by atoms with Crippen LogP contribution in [0.15, 0.2) is 72.9 Å². The van der Waals surface area contributed by atoms with E-state index in [-0.39, 0.29) is 12.5 Å². The lowest BCUT2D eigenvalue weighted by molar-refractivity contribution is -0.117. The first-order valence-electron chi connectivity index (χ1n) is 13.0. The minimum Gasteiger partial charge on any atom is -0.491 e. The number of aromatic amines is 1. The summed E-state index contributed by atoms with van der Waals surface area (Å²) in [7, 11) is 0. The number of anilines is 1. The van der Waals surface area contributed by atoms with Crippen molar-refractivity contribution in [2.45, 2.75) is 6.10 Å². The SMILES string of the molecule is O=C(CN1CCN(CC(O)COc2ccc3sc(-c4ccccc4)nc3c2)CC1)Nc1ccc2[nH]ncc2c1. The van der Waals surface area contributed by atoms with Gasteiger partial charge < -0.3 is 15.2 Å². The van der Waals surface area contributed by atoms with Crippen LogP contribution in [0.2, 0.25) is 0 Å². The van der Waals surface area contributed by atoms with Crippen molar-refractivity contribution < 1.29 is 14.6 Å². The number of fused-ring (bicyclic) bond motifs is 2. The summed E-state index contributed by atoms with van der Waals surface area (Å²) in [5.74, 6) is 0.668. The molecule has 3 N–H and O–H groups in total. The van der Waals surface area contributed by atoms with Gasteiger partial charge in [-0.3, -0.25) is 19.7 Å². The number of nitrogens with zero attached hydrogens (tertiary/aromatic N) is 4. The van der Waals surface area contributed by atoms with E-state index < -0.39 is 6.10 Å². The number of hydrogen-bond donors (Lipinski definition) is 3. The molecular formula is C29H30N6O3S. The first-order valence-corrected chi connectivity index (χ1v) is 13.9. The fourth-order valence-corrected chi connectivity index (χ4v) is 5.75. The normalized spacial score (nSPS) is 15.5. The first-order chi connectivity index (χ1) is 19.1. The molecule has 3 aromatic carbocycles. The molecule has 1 aliphatic rings. The van der Waals surface area contributed by atoms with Gasteiger partial charge in [0, 0.05) is 55.4 Å². The topological polar surface area (TPSA) is 107 Å². The van der Waals surface area contributed by atoms with E-state index >= 15 is 0 Å². The number of piperazine rings is 1. The summed E-state index contributed by atoms with van der Waals surface area (Å²) in [4.78, 5) is 21.6. The molecule has 1 atom stereocenters. The fraction of sp³-hybridized carbons (Fsp3) is 0.276. The molecule has 1 amide bonds. The Labute approximate surface area is 230 Å². The maximum absolute atomic E-state index is 12.5. The lowest BCUT2D eigenvalue weighted by Gasteiger charge is -2.35. The number of aliphatic hydroxyl groups is 1. The third kappa shape index (κ3) is 6.26. The van der Waals surface area contributed by atoms with Crippen LogP contribution in [0.3, 0.4) is 0 Å². The summed E-state index contributed by atoms with van der Waals surface area (Å²) < 4.78 is 7.01. The lowest BCUT2D eigenvalue weighted by Crippen LogP contribution is -2.50. The smallest absolute Gasteiger partial charge is 0.238 e. The number of benzene rings is 3. The maximum atomic E-state index is 12.5. The Morgan fingerprint density at radius 2 is 1.87 bits per heavy atom. The Bertz CT molecular complexity index is 1560. The zero-order valence-electron chi connectivity index (χ0n) is 21.4. The number of carbonyl (C=O) groups excluding carboxylic acids is 1. The van der Waals surface area contributed by atoms with Gasteiger partial charge in [0.15, 0.2) is 0 Å². The number of thiazole rings is 1. The number of nitrogens with one attached hydrogen (secondary N) is 2. The predicted octanol–water partition coefficient (Wildman–Crippen LogP) is 3.84. The molecule has 0 bridgehead atoms. The van der Waals surface area contributed by atoms with Crippen LogP contribution in [-0.4, -0.2) is 88.0 Å². The molecule has 6 rings (SSSR count). The summed E-state index contributed by atoms with van der Waals surface area (Å²) >= 11 is 1.66. The van der Waals surface area contributed by atoms with Crippen molar-refractivity contribution in [1.82, 2.24) is 25.0 Å². The van der Waals surface area contributed by atoms with Crippen molar-refractivity contribution in [1.29, 1.82) is 0 Å². The van der Waals surface area contributed by atoms with Crippen molar-refractivity contribution in [2.75, 3.05) is 51.2 Å². The molecule has 39 heavy (non-hydrogen) atoms. The van der Waals surface area contributed by atoms with Crippen molar-refractivity contribution >= 4 is 44.1 Å². The number of H-pyrrole nitrogens is 1. The van der Waals surface area contributed by atoms with E-state index in [1.807, 2.05) is 54.6 Å². The summed E-state index contributed by atoms with van der Waals surface area (Å²) in [5.41, 5.74) is 3.70. The van der Waals surface area contributed by atoms with E-state index in [4.69, 9.17) is 9.72 Å². The largest absolute Gasteiger partial charge is 0.491 e. The molecule has 2 aromatic heterocycles. The van der Waals surface area contributed by atoms with E-state index in [1.165, 1.54) is 0 Å². The number of hydrogen-bond acceptors (Lipinski definition) is 8. The van der Waals surface area contributed by atoms with E-state index in [1.54, 1.807) is 17.5 Å². The van der Waals surface area contributed by atoms with E-state index in [0.717, 1.165) is 63.6 Å². The van der Waals surface area contributed by atoms with Crippen LogP contribution in [0.5, 0.6) is 5.75 Å². The zero-order valence-corrected chi connectivity index (χ0v) is 22.2. The number of ether oxygens (including phenoxy) is 1. The molecular weight excluding hydrogens is 512 g/mol. The standard InChI is InChI=1S/C29H30N6O3S/c36-23(19-38-24-7-9-27-26(15-24)32-29(39-27)20-4-2-1-3-5-20)17-34-10-12-35(13-11-34)18-28(37)31-22-6-8-25-21(14-22)16-30-33-25/h1-9,14-16,23,36H,10-13,17-19H2,(H,30,33)(H,31,37). The van der Waals surface area contributed by atoms with Crippen molar-refractivity contribution in [3.05, 3.63) is 72.9 Å². The molecule has 1 aliphatic heterocycles. The summed E-state index contributed by atoms with van der Waals surface area (Å²) in [5, 5.41) is 22.4. The van der Waals surface area contributed by atoms with Crippen LogP contribution in [-0.2, 0) is 4.79 Å². The molecule has 0 aliphatic carbocycles. The van der Waals surface area contributed by atoms with Crippen LogP contribution in [0, 0.1) is 0 Å². The third-order valence-electron chi connectivity index (χ3n) is 6.85. The Balaban J connectivity index is 0.937. The van der Waals surface area contributed by atoms with Gasteiger partial charge in [0.1, 0.15) is 23.5 Å². The molecule has 1 unspecified atom stereocenters. The van der Waals surface area contributed by atoms with Gasteiger partial charge in [-0.15, -0.1) is 11.3 Å². The van der Waals surface area contributed by atoms with Crippen LogP contribution in [0.1, 0.15) is 0 Å². The van der Waals surface area contributed by atoms with Crippen LogP contribution in [0.25, 0.3) is 31.7 Å². The number of amides is 1. The molecule has 200 valence electrons. The third-order valence-corrected chi connectivity index (χ3v) is 7.93. The molecule has 1 saturated heterocycles. The second-order valence-corrected chi connectivity index (χ2v) is 10.8. The van der Waals surface area contributed by atoms with Crippen LogP contribution < -0.4 is 10.1 Å². The number of aliphatic hydroxyl groups excluding tert-OH is 1. The zero-order chi connectivity index (χ0) is 26.6. The molecule has 9 nitrogen and oxygen atoms in total. The Hall–Kier alpha value is -3.83. The lowest BCUT2D eigenvalue weighted by atomic mass is 10.2. The minimum absolute atomic E-state index is 0.0345. The van der Waals surface area contributed by atoms with E-state index in [0.29, 0.717) is 18.8 Å². The minimum atomic E-state index is -0.608. The quantitative estimate of drug-likeness (QED) is 0.260. The summed E-state index contributed by atoms with van der Waals surface area (Å²) in [6.07, 6.45) is 1.13. The fourth-order valence-electron chi connectivity index (χ4n) is 4.80. The maximum Gasteiger partial charge on any atom is 0.238 e. The van der Waals surface area contributed by atoms with E-state index in [9.17, 15) is 9.90 Å². The second-order valence-electron chi connectivity index (χ2n) is 9.78. The van der Waals surface area contributed by atoms with Gasteiger partial charge >= 0.3 is 0 Å². The number of rotatable bonds is 9. The van der Waals surface area contributed by atoms with Gasteiger partial charge in [-0.2, -0.15) is 5.10 Å². The van der Waals surface area contributed by atoms with Gasteiger partial charge in [-0.1, -0.05) is 30.3 Å². The van der Waals surface area contributed by atoms with Gasteiger partial charge in [0.25, 0.3) is 0 Å². The average molecular weight is 543 g/mol. The molecule has 5 aromatic rings. The van der Waals surface area contributed by atoms with Crippen molar-refractivity contribution in [3.8, 4) is 16.3 Å². The molecule has 0 spiro atoms. The monoisotopic (exact) mass is 542 g/mol. The predicted molar refractivity (Wildman–Crippen MR) is 154 cm³/mol. The Morgan fingerprint density at radius 1 is 1.05 bits per heavy atom. The van der Waals surface area contributed by atoms with Gasteiger partial charge in [-0.05, 0) is 30.3 Å². The Morgan fingerprint density at radius 3 is 2.72 bits per heavy atom. The molecule has 1 fully saturated rings. The second kappa shape index (κ2) is 11.5. The van der Waals surface area contributed by atoms with Crippen molar-refractivity contribution in [2.24, 2.45) is 0 Å². The summed E-state index contributed by atoms with van der Waals surface area (Å²) in [6, 6.07) is 21.7. The number of aromatic nitrogens is 3. The summed E-state index contributed by atoms with van der Waals surface area (Å²) in [6.45, 7) is 4.20. The highest BCUT2D eigenvalue weighted by atomic mass is 32.1. The molecule has 3 heterocycles. The highest BCUT2D eigenvalue weighted by molar-refractivity contribution is 7.21. The van der Waals surface area contributed by atoms with Crippen LogP contribution >= 0.6 is 11.3 Å². The van der Waals surface area contributed by atoms with Gasteiger partial charge in [0.2, 0.25) is 5.91 Å². The van der Waals surface area contributed by atoms with Gasteiger partial charge in [0.05, 0.1) is 28.5 Å². The molecule has 10 heteroatoms. The van der Waals surface area contributed by atoms with Crippen LogP contribution in [0.4, 0.5) is 5.69 Å². The number of β-amino-alcohol motifs (C(OH)–C–C–N with tert-alkyl or cyclic N) is 1. The first kappa shape index (κ1) is 25.4. The molecule has 0 radical (unpaired) electrons. The highest BCUT2D eigenvalue weighted by Gasteiger charge is 2.21. The average Bonchev–Trinajstić information content (AvgIpc) is 3.60. The Kier molecular flexibility index (Phi) is 7.51. The number of carbonyl (C=O) groups is 1. The van der Waals surface area contributed by atoms with E-state index in [2.05, 4.69) is 37.4 Å².